The second-order valence-electron chi connectivity index (χ2n) is 13.9. The smallest absolute Gasteiger partial charge is 0.308 e. The molecule has 0 amide bonds. The molecule has 2 saturated heterocycles. The maximum absolute atomic E-state index is 14.5. The average molecular weight is 591 g/mol. The van der Waals surface area contributed by atoms with E-state index in [2.05, 4.69) is 0 Å². The van der Waals surface area contributed by atoms with Gasteiger partial charge in [-0.1, -0.05) is 41.5 Å². The van der Waals surface area contributed by atoms with Crippen molar-refractivity contribution in [3.63, 3.8) is 0 Å². The number of furan rings is 1. The number of carbonyl (C=O) groups excluding carboxylic acids is 4. The van der Waals surface area contributed by atoms with E-state index in [1.54, 1.807) is 40.7 Å². The summed E-state index contributed by atoms with van der Waals surface area (Å²) < 4.78 is 28.4. The molecule has 11 heteroatoms. The molecule has 0 aromatic carbocycles. The molecule has 2 aliphatic heterocycles. The van der Waals surface area contributed by atoms with Gasteiger partial charge in [-0.2, -0.15) is 0 Å². The normalized spacial score (nSPS) is 42.6. The number of hydrogen-bond acceptors (Lipinski definition) is 11. The molecule has 4 fully saturated rings. The number of carbonyl (C=O) groups is 4. The van der Waals surface area contributed by atoms with Crippen LogP contribution in [0.3, 0.4) is 0 Å². The second-order valence-corrected chi connectivity index (χ2v) is 13.9. The highest BCUT2D eigenvalue weighted by molar-refractivity contribution is 5.93. The molecule has 5 rings (SSSR count). The van der Waals surface area contributed by atoms with Gasteiger partial charge >= 0.3 is 17.9 Å². The number of aliphatic hydroxyl groups is 2. The van der Waals surface area contributed by atoms with Crippen LogP contribution in [0, 0.1) is 34.5 Å². The molecule has 1 spiro atoms. The van der Waals surface area contributed by atoms with Crippen LogP contribution in [0.5, 0.6) is 0 Å². The molecule has 0 bridgehead atoms. The highest BCUT2D eigenvalue weighted by Gasteiger charge is 2.80. The van der Waals surface area contributed by atoms with E-state index in [1.807, 2.05) is 6.92 Å². The van der Waals surface area contributed by atoms with E-state index < -0.39 is 93.8 Å². The van der Waals surface area contributed by atoms with Gasteiger partial charge in [0.2, 0.25) is 0 Å². The van der Waals surface area contributed by atoms with Crippen LogP contribution in [0.25, 0.3) is 0 Å². The summed E-state index contributed by atoms with van der Waals surface area (Å²) in [4.78, 5) is 53.0. The van der Waals surface area contributed by atoms with Gasteiger partial charge in [0.1, 0.15) is 17.8 Å². The average Bonchev–Trinajstić information content (AvgIpc) is 3.54. The first-order chi connectivity index (χ1) is 19.5. The van der Waals surface area contributed by atoms with Crippen LogP contribution < -0.4 is 0 Å². The summed E-state index contributed by atoms with van der Waals surface area (Å²) in [7, 11) is 1.27. The van der Waals surface area contributed by atoms with Crippen molar-refractivity contribution in [3.05, 3.63) is 24.2 Å². The molecule has 2 N–H and O–H groups in total. The van der Waals surface area contributed by atoms with Crippen molar-refractivity contribution in [3.8, 4) is 0 Å². The minimum Gasteiger partial charge on any atom is -0.472 e. The molecule has 4 aliphatic rings. The van der Waals surface area contributed by atoms with Crippen LogP contribution >= 0.6 is 0 Å². The Kier molecular flexibility index (Phi) is 7.22. The highest BCUT2D eigenvalue weighted by atomic mass is 16.7. The van der Waals surface area contributed by atoms with Crippen LogP contribution in [-0.4, -0.2) is 64.1 Å². The molecule has 2 aliphatic carbocycles. The summed E-state index contributed by atoms with van der Waals surface area (Å²) in [5, 5.41) is 24.7. The van der Waals surface area contributed by atoms with E-state index in [4.69, 9.17) is 23.4 Å². The molecule has 2 saturated carbocycles. The molecule has 1 aromatic rings. The fourth-order valence-electron chi connectivity index (χ4n) is 8.48. The Morgan fingerprint density at radius 3 is 2.43 bits per heavy atom. The fraction of sp³-hybridized carbons (Fsp3) is 0.742. The largest absolute Gasteiger partial charge is 0.472 e. The van der Waals surface area contributed by atoms with Crippen LogP contribution in [0.4, 0.5) is 0 Å². The van der Waals surface area contributed by atoms with Crippen molar-refractivity contribution in [2.45, 2.75) is 103 Å². The van der Waals surface area contributed by atoms with Crippen LogP contribution in [0.15, 0.2) is 23.0 Å². The maximum atomic E-state index is 14.5. The van der Waals surface area contributed by atoms with Crippen molar-refractivity contribution in [1.82, 2.24) is 0 Å². The number of methoxy groups -OCH3 is 1. The summed E-state index contributed by atoms with van der Waals surface area (Å²) in [6, 6.07) is 1.70. The number of ether oxygens (including phenoxy) is 4. The summed E-state index contributed by atoms with van der Waals surface area (Å²) in [5.74, 6) is -7.16. The lowest BCUT2D eigenvalue weighted by molar-refractivity contribution is -0.338. The van der Waals surface area contributed by atoms with Gasteiger partial charge in [-0.15, -0.1) is 0 Å². The molecule has 9 unspecified atom stereocenters. The van der Waals surface area contributed by atoms with Gasteiger partial charge < -0.3 is 33.6 Å². The van der Waals surface area contributed by atoms with Crippen molar-refractivity contribution in [1.29, 1.82) is 0 Å². The Morgan fingerprint density at radius 2 is 1.83 bits per heavy atom. The third kappa shape index (κ3) is 4.17. The number of Topliss-reactive ketones (excluding diaryl/α,β-unsaturated/α-hetero) is 1. The fourth-order valence-corrected chi connectivity index (χ4v) is 8.48. The predicted molar refractivity (Wildman–Crippen MR) is 144 cm³/mol. The number of esters is 3. The van der Waals surface area contributed by atoms with Gasteiger partial charge in [-0.3, -0.25) is 19.2 Å². The number of rotatable bonds is 5. The van der Waals surface area contributed by atoms with Gasteiger partial charge in [0.25, 0.3) is 0 Å². The molecular weight excluding hydrogens is 548 g/mol. The quantitative estimate of drug-likeness (QED) is 0.383. The molecule has 42 heavy (non-hydrogen) atoms. The van der Waals surface area contributed by atoms with E-state index in [-0.39, 0.29) is 19.3 Å². The summed E-state index contributed by atoms with van der Waals surface area (Å²) in [6.07, 6.45) is 0.448. The molecule has 11 nitrogen and oxygen atoms in total. The van der Waals surface area contributed by atoms with Crippen molar-refractivity contribution in [2.75, 3.05) is 7.11 Å². The topological polar surface area (TPSA) is 159 Å². The minimum atomic E-state index is -2.22. The summed E-state index contributed by atoms with van der Waals surface area (Å²) in [5.41, 5.74) is -5.27. The Bertz CT molecular complexity index is 1270. The Balaban J connectivity index is 1.63. The Labute approximate surface area is 245 Å². The zero-order chi connectivity index (χ0) is 31.0. The van der Waals surface area contributed by atoms with Gasteiger partial charge in [-0.25, -0.2) is 0 Å². The first-order valence-corrected chi connectivity index (χ1v) is 14.6. The lowest BCUT2D eigenvalue weighted by Crippen LogP contribution is -2.67. The van der Waals surface area contributed by atoms with Crippen LogP contribution in [-0.2, 0) is 38.1 Å². The zero-order valence-electron chi connectivity index (χ0n) is 25.3. The highest BCUT2D eigenvalue weighted by Crippen LogP contribution is 2.68. The van der Waals surface area contributed by atoms with Crippen LogP contribution in [0.2, 0.25) is 0 Å². The number of cyclic esters (lactones) is 1. The Morgan fingerprint density at radius 1 is 1.14 bits per heavy atom. The number of ketones is 1. The van der Waals surface area contributed by atoms with Crippen molar-refractivity contribution < 1.29 is 52.8 Å². The van der Waals surface area contributed by atoms with E-state index in [9.17, 15) is 29.4 Å². The van der Waals surface area contributed by atoms with Gasteiger partial charge in [-0.05, 0) is 18.4 Å². The number of fused-ring (bicyclic) bond motifs is 3. The number of hydrogen-bond donors (Lipinski definition) is 2. The lowest BCUT2D eigenvalue weighted by atomic mass is 9.50. The second kappa shape index (κ2) is 9.89. The zero-order valence-corrected chi connectivity index (χ0v) is 25.3. The molecule has 1 aromatic heterocycles. The van der Waals surface area contributed by atoms with Crippen LogP contribution in [0.1, 0.15) is 85.3 Å². The SMILES string of the molecule is COC(=O)CC1C(C)C(=O)C2(CC3(O)C4CC(=O)OC(c5ccoc5)C4(C)CCC3(O)O2)C(OC(=O)C(C)C)C1(C)C. The standard InChI is InChI=1S/C31H42O11/c1-16(2)25(35)41-26-27(4,5)19(12-21(32)38-7)17(3)23(34)29(26)15-30(36)20-13-22(33)40-24(18-8-11-39-14-18)28(20,6)9-10-31(30,37)42-29/h8,11,14,16-17,19-20,24,26,36-37H,9-10,12-13,15H2,1-7H3. The summed E-state index contributed by atoms with van der Waals surface area (Å²) >= 11 is 0. The maximum Gasteiger partial charge on any atom is 0.308 e. The lowest BCUT2D eigenvalue weighted by Gasteiger charge is -2.58. The van der Waals surface area contributed by atoms with Crippen molar-refractivity contribution >= 4 is 23.7 Å². The molecular formula is C31H42O11. The minimum absolute atomic E-state index is 0.0668. The van der Waals surface area contributed by atoms with Crippen molar-refractivity contribution in [2.24, 2.45) is 34.5 Å². The third-order valence-corrected chi connectivity index (χ3v) is 10.8. The molecule has 9 atom stereocenters. The third-order valence-electron chi connectivity index (χ3n) is 10.8. The van der Waals surface area contributed by atoms with Gasteiger partial charge in [0.15, 0.2) is 17.2 Å². The molecule has 232 valence electrons. The molecule has 3 heterocycles. The van der Waals surface area contributed by atoms with E-state index in [0.717, 1.165) is 0 Å². The van der Waals surface area contributed by atoms with E-state index in [1.165, 1.54) is 19.6 Å². The first kappa shape index (κ1) is 30.7. The Hall–Kier alpha value is -2.76. The van der Waals surface area contributed by atoms with Gasteiger partial charge in [0, 0.05) is 47.5 Å². The molecule has 0 radical (unpaired) electrons. The predicted octanol–water partition coefficient (Wildman–Crippen LogP) is 3.25. The first-order valence-electron chi connectivity index (χ1n) is 14.6. The van der Waals surface area contributed by atoms with Gasteiger partial charge in [0.05, 0.1) is 32.0 Å². The van der Waals surface area contributed by atoms with E-state index in [0.29, 0.717) is 12.0 Å². The summed E-state index contributed by atoms with van der Waals surface area (Å²) in [6.45, 7) is 10.5. The van der Waals surface area contributed by atoms with E-state index >= 15 is 0 Å². The monoisotopic (exact) mass is 590 g/mol.